The standard InChI is InChI=1S/C20H15B/c1-2-21(18-13-7-4-8-14-18)20-16-10-9-15-19(20)17-11-5-3-6-12-17/h1,3-16H. The van der Waals surface area contributed by atoms with Crippen LogP contribution in [0, 0.1) is 12.2 Å². The first-order valence-electron chi connectivity index (χ1n) is 7.05. The van der Waals surface area contributed by atoms with E-state index in [4.69, 9.17) is 6.42 Å². The van der Waals surface area contributed by atoms with Crippen LogP contribution in [0.15, 0.2) is 84.9 Å². The molecule has 0 heterocycles. The molecule has 21 heavy (non-hydrogen) atoms. The Morgan fingerprint density at radius 2 is 1.24 bits per heavy atom. The highest BCUT2D eigenvalue weighted by Gasteiger charge is 2.19. The maximum absolute atomic E-state index is 5.83. The lowest BCUT2D eigenvalue weighted by atomic mass is 9.40. The smallest absolute Gasteiger partial charge is 0.146 e. The molecule has 1 heteroatoms. The van der Waals surface area contributed by atoms with E-state index < -0.39 is 0 Å². The molecule has 0 nitrogen and oxygen atoms in total. The van der Waals surface area contributed by atoms with Crippen molar-refractivity contribution in [2.75, 3.05) is 0 Å². The van der Waals surface area contributed by atoms with Crippen molar-refractivity contribution in [1.82, 2.24) is 0 Å². The molecule has 0 aliphatic heterocycles. The molecule has 0 N–H and O–H groups in total. The molecule has 0 aromatic heterocycles. The first kappa shape index (κ1) is 13.3. The Labute approximate surface area is 126 Å². The summed E-state index contributed by atoms with van der Waals surface area (Å²) in [5.74, 6) is 2.94. The molecule has 98 valence electrons. The van der Waals surface area contributed by atoms with E-state index in [1.807, 2.05) is 24.3 Å². The van der Waals surface area contributed by atoms with Crippen LogP contribution in [-0.4, -0.2) is 6.71 Å². The minimum absolute atomic E-state index is 0.0254. The van der Waals surface area contributed by atoms with Crippen molar-refractivity contribution >= 4 is 17.6 Å². The van der Waals surface area contributed by atoms with Crippen molar-refractivity contribution in [3.63, 3.8) is 0 Å². The van der Waals surface area contributed by atoms with Crippen LogP contribution in [0.5, 0.6) is 0 Å². The van der Waals surface area contributed by atoms with Crippen molar-refractivity contribution < 1.29 is 0 Å². The SMILES string of the molecule is C#CB(c1ccccc1)c1ccccc1-c1ccccc1. The summed E-state index contributed by atoms with van der Waals surface area (Å²) in [5.41, 5.74) is 4.73. The molecule has 0 aliphatic carbocycles. The predicted octanol–water partition coefficient (Wildman–Crippen LogP) is 3.14. The second-order valence-electron chi connectivity index (χ2n) is 4.96. The summed E-state index contributed by atoms with van der Waals surface area (Å²) in [6, 6.07) is 29.0. The van der Waals surface area contributed by atoms with Crippen molar-refractivity contribution in [2.45, 2.75) is 0 Å². The molecular weight excluding hydrogens is 251 g/mol. The second-order valence-corrected chi connectivity index (χ2v) is 4.96. The fourth-order valence-corrected chi connectivity index (χ4v) is 2.64. The number of terminal acetylenes is 1. The minimum Gasteiger partial charge on any atom is -0.146 e. The molecule has 0 saturated heterocycles. The Morgan fingerprint density at radius 3 is 1.90 bits per heavy atom. The third-order valence-electron chi connectivity index (χ3n) is 3.66. The van der Waals surface area contributed by atoms with Crippen molar-refractivity contribution in [1.29, 1.82) is 0 Å². The van der Waals surface area contributed by atoms with Crippen LogP contribution in [-0.2, 0) is 0 Å². The topological polar surface area (TPSA) is 0 Å². The van der Waals surface area contributed by atoms with Gasteiger partial charge < -0.3 is 0 Å². The van der Waals surface area contributed by atoms with Gasteiger partial charge in [0.25, 0.3) is 6.71 Å². The van der Waals surface area contributed by atoms with Crippen LogP contribution in [0.4, 0.5) is 0 Å². The fraction of sp³-hybridized carbons (Fsp3) is 0. The van der Waals surface area contributed by atoms with Crippen molar-refractivity contribution in [2.24, 2.45) is 0 Å². The third-order valence-corrected chi connectivity index (χ3v) is 3.66. The normalized spacial score (nSPS) is 9.86. The van der Waals surface area contributed by atoms with Crippen LogP contribution in [0.3, 0.4) is 0 Å². The van der Waals surface area contributed by atoms with Gasteiger partial charge in [0.15, 0.2) is 0 Å². The minimum atomic E-state index is -0.0254. The van der Waals surface area contributed by atoms with Gasteiger partial charge in [-0.1, -0.05) is 95.9 Å². The second kappa shape index (κ2) is 6.16. The maximum Gasteiger partial charge on any atom is 0.296 e. The number of hydrogen-bond acceptors (Lipinski definition) is 0. The molecule has 0 spiro atoms. The Hall–Kier alpha value is -2.72. The predicted molar refractivity (Wildman–Crippen MR) is 92.2 cm³/mol. The van der Waals surface area contributed by atoms with Gasteiger partial charge in [-0.15, -0.1) is 12.2 Å². The van der Waals surface area contributed by atoms with E-state index in [2.05, 4.69) is 66.5 Å². The van der Waals surface area contributed by atoms with Gasteiger partial charge in [-0.05, 0) is 11.1 Å². The lowest BCUT2D eigenvalue weighted by Gasteiger charge is -2.14. The van der Waals surface area contributed by atoms with E-state index in [1.54, 1.807) is 0 Å². The maximum atomic E-state index is 5.83. The third kappa shape index (κ3) is 2.76. The number of rotatable bonds is 3. The van der Waals surface area contributed by atoms with Gasteiger partial charge in [-0.2, -0.15) is 0 Å². The summed E-state index contributed by atoms with van der Waals surface area (Å²) >= 11 is 0. The zero-order valence-electron chi connectivity index (χ0n) is 11.7. The van der Waals surface area contributed by atoms with E-state index in [-0.39, 0.29) is 6.71 Å². The quantitative estimate of drug-likeness (QED) is 0.504. The van der Waals surface area contributed by atoms with Gasteiger partial charge >= 0.3 is 0 Å². The fourth-order valence-electron chi connectivity index (χ4n) is 2.64. The van der Waals surface area contributed by atoms with E-state index in [0.717, 1.165) is 5.46 Å². The highest BCUT2D eigenvalue weighted by molar-refractivity contribution is 6.92. The lowest BCUT2D eigenvalue weighted by molar-refractivity contribution is 1.64. The zero-order chi connectivity index (χ0) is 14.5. The first-order valence-corrected chi connectivity index (χ1v) is 7.05. The summed E-state index contributed by atoms with van der Waals surface area (Å²) in [6.45, 7) is -0.0254. The van der Waals surface area contributed by atoms with Crippen LogP contribution < -0.4 is 10.9 Å². The van der Waals surface area contributed by atoms with Gasteiger partial charge in [0.05, 0.1) is 0 Å². The highest BCUT2D eigenvalue weighted by atomic mass is 14.0. The zero-order valence-corrected chi connectivity index (χ0v) is 11.7. The Bertz CT molecular complexity index is 755. The highest BCUT2D eigenvalue weighted by Crippen LogP contribution is 2.17. The molecule has 3 aromatic rings. The number of benzene rings is 3. The molecule has 0 aliphatic rings. The van der Waals surface area contributed by atoms with Crippen LogP contribution >= 0.6 is 0 Å². The summed E-state index contributed by atoms with van der Waals surface area (Å²) in [7, 11) is 0. The Balaban J connectivity index is 2.13. The van der Waals surface area contributed by atoms with Gasteiger partial charge in [0.1, 0.15) is 0 Å². The van der Waals surface area contributed by atoms with E-state index >= 15 is 0 Å². The monoisotopic (exact) mass is 266 g/mol. The molecule has 3 aromatic carbocycles. The number of hydrogen-bond donors (Lipinski definition) is 0. The average Bonchev–Trinajstić information content (AvgIpc) is 2.58. The average molecular weight is 266 g/mol. The molecule has 0 bridgehead atoms. The molecule has 0 unspecified atom stereocenters. The summed E-state index contributed by atoms with van der Waals surface area (Å²) in [4.78, 5) is 0. The van der Waals surface area contributed by atoms with Crippen molar-refractivity contribution in [3.05, 3.63) is 84.9 Å². The summed E-state index contributed by atoms with van der Waals surface area (Å²) < 4.78 is 0. The van der Waals surface area contributed by atoms with E-state index in [9.17, 15) is 0 Å². The van der Waals surface area contributed by atoms with Gasteiger partial charge in [-0.3, -0.25) is 0 Å². The van der Waals surface area contributed by atoms with Crippen LogP contribution in [0.25, 0.3) is 11.1 Å². The van der Waals surface area contributed by atoms with Gasteiger partial charge in [0, 0.05) is 0 Å². The molecule has 0 radical (unpaired) electrons. The Kier molecular flexibility index (Phi) is 3.89. The molecule has 0 atom stereocenters. The van der Waals surface area contributed by atoms with Crippen LogP contribution in [0.2, 0.25) is 0 Å². The molecular formula is C20H15B. The van der Waals surface area contributed by atoms with Crippen LogP contribution in [0.1, 0.15) is 0 Å². The largest absolute Gasteiger partial charge is 0.296 e. The summed E-state index contributed by atoms with van der Waals surface area (Å²) in [5, 5.41) is 0. The van der Waals surface area contributed by atoms with Gasteiger partial charge in [0.2, 0.25) is 0 Å². The molecule has 0 saturated carbocycles. The lowest BCUT2D eigenvalue weighted by Crippen LogP contribution is -2.42. The Morgan fingerprint density at radius 1 is 0.667 bits per heavy atom. The van der Waals surface area contributed by atoms with E-state index in [1.165, 1.54) is 16.6 Å². The van der Waals surface area contributed by atoms with Gasteiger partial charge in [-0.25, -0.2) is 0 Å². The first-order chi connectivity index (χ1) is 10.4. The molecule has 0 amide bonds. The summed E-state index contributed by atoms with van der Waals surface area (Å²) in [6.07, 6.45) is 5.83. The van der Waals surface area contributed by atoms with E-state index in [0.29, 0.717) is 0 Å². The molecule has 0 fully saturated rings. The van der Waals surface area contributed by atoms with Crippen molar-refractivity contribution in [3.8, 4) is 23.4 Å². The molecule has 3 rings (SSSR count).